The maximum atomic E-state index is 11.7. The van der Waals surface area contributed by atoms with Crippen LogP contribution < -0.4 is 5.32 Å². The lowest BCUT2D eigenvalue weighted by molar-refractivity contribution is -0.144. The molecule has 2 fully saturated rings. The van der Waals surface area contributed by atoms with Gasteiger partial charge in [0.2, 0.25) is 0 Å². The first-order valence-electron chi connectivity index (χ1n) is 8.05. The van der Waals surface area contributed by atoms with Gasteiger partial charge < -0.3 is 14.8 Å². The number of nitrogens with one attached hydrogen (secondary N) is 1. The van der Waals surface area contributed by atoms with E-state index < -0.39 is 0 Å². The van der Waals surface area contributed by atoms with Crippen LogP contribution in [0.15, 0.2) is 0 Å². The van der Waals surface area contributed by atoms with Gasteiger partial charge in [0.25, 0.3) is 0 Å². The highest BCUT2D eigenvalue weighted by molar-refractivity contribution is 5.75. The van der Waals surface area contributed by atoms with E-state index >= 15 is 0 Å². The van der Waals surface area contributed by atoms with Crippen LogP contribution in [-0.2, 0) is 14.3 Å². The molecule has 20 heavy (non-hydrogen) atoms. The second-order valence-corrected chi connectivity index (χ2v) is 6.68. The summed E-state index contributed by atoms with van der Waals surface area (Å²) in [4.78, 5) is 11.7. The largest absolute Gasteiger partial charge is 0.468 e. The fourth-order valence-electron chi connectivity index (χ4n) is 3.58. The predicted molar refractivity (Wildman–Crippen MR) is 78.6 cm³/mol. The fraction of sp³-hybridized carbons (Fsp3) is 0.938. The highest BCUT2D eigenvalue weighted by Crippen LogP contribution is 2.41. The fourth-order valence-corrected chi connectivity index (χ4v) is 3.58. The summed E-state index contributed by atoms with van der Waals surface area (Å²) in [6.45, 7) is 4.82. The van der Waals surface area contributed by atoms with Gasteiger partial charge in [-0.3, -0.25) is 4.79 Å². The van der Waals surface area contributed by atoms with Crippen molar-refractivity contribution < 1.29 is 14.3 Å². The van der Waals surface area contributed by atoms with Crippen LogP contribution in [0.3, 0.4) is 0 Å². The van der Waals surface area contributed by atoms with Crippen molar-refractivity contribution in [1.82, 2.24) is 5.32 Å². The van der Waals surface area contributed by atoms with Crippen molar-refractivity contribution in [2.24, 2.45) is 5.92 Å². The van der Waals surface area contributed by atoms with Gasteiger partial charge in [-0.1, -0.05) is 33.1 Å². The first-order chi connectivity index (χ1) is 9.56. The van der Waals surface area contributed by atoms with Crippen molar-refractivity contribution in [3.05, 3.63) is 0 Å². The molecule has 1 saturated heterocycles. The molecule has 2 rings (SSSR count). The minimum Gasteiger partial charge on any atom is -0.468 e. The van der Waals surface area contributed by atoms with Crippen LogP contribution in [0, 0.1) is 5.92 Å². The molecular weight excluding hydrogens is 254 g/mol. The molecular formula is C16H29NO3. The van der Waals surface area contributed by atoms with Gasteiger partial charge in [-0.15, -0.1) is 0 Å². The maximum Gasteiger partial charge on any atom is 0.323 e. The van der Waals surface area contributed by atoms with Gasteiger partial charge in [0.15, 0.2) is 0 Å². The third-order valence-corrected chi connectivity index (χ3v) is 4.79. The molecule has 1 aliphatic heterocycles. The van der Waals surface area contributed by atoms with Gasteiger partial charge in [0.05, 0.1) is 18.8 Å². The summed E-state index contributed by atoms with van der Waals surface area (Å²) in [6.07, 6.45) is 8.93. The molecule has 2 unspecified atom stereocenters. The molecule has 4 nitrogen and oxygen atoms in total. The molecule has 1 aliphatic carbocycles. The molecule has 0 amide bonds. The third kappa shape index (κ3) is 3.73. The topological polar surface area (TPSA) is 47.6 Å². The highest BCUT2D eigenvalue weighted by Gasteiger charge is 2.40. The first-order valence-corrected chi connectivity index (χ1v) is 8.05. The summed E-state index contributed by atoms with van der Waals surface area (Å²) < 4.78 is 11.2. The van der Waals surface area contributed by atoms with Crippen LogP contribution in [0.2, 0.25) is 0 Å². The predicted octanol–water partition coefficient (Wildman–Crippen LogP) is 2.66. The molecule has 1 saturated carbocycles. The van der Waals surface area contributed by atoms with Gasteiger partial charge in [0, 0.05) is 6.54 Å². The van der Waals surface area contributed by atoms with Crippen LogP contribution >= 0.6 is 0 Å². The monoisotopic (exact) mass is 283 g/mol. The summed E-state index contributed by atoms with van der Waals surface area (Å²) in [7, 11) is 1.45. The molecule has 1 spiro atoms. The van der Waals surface area contributed by atoms with Gasteiger partial charge in [0.1, 0.15) is 6.04 Å². The average Bonchev–Trinajstić information content (AvgIpc) is 2.82. The summed E-state index contributed by atoms with van der Waals surface area (Å²) in [6, 6.07) is -0.230. The number of carbonyl (C=O) groups excluding carboxylic acids is 1. The molecule has 2 atom stereocenters. The average molecular weight is 283 g/mol. The van der Waals surface area contributed by atoms with E-state index in [1.807, 2.05) is 13.8 Å². The zero-order chi connectivity index (χ0) is 14.6. The highest BCUT2D eigenvalue weighted by atomic mass is 16.5. The molecule has 2 aliphatic rings. The normalized spacial score (nSPS) is 26.9. The summed E-state index contributed by atoms with van der Waals surface area (Å²) in [5.41, 5.74) is 0.156. The Bertz CT molecular complexity index is 324. The van der Waals surface area contributed by atoms with Crippen molar-refractivity contribution in [1.29, 1.82) is 0 Å². The van der Waals surface area contributed by atoms with E-state index in [1.54, 1.807) is 0 Å². The van der Waals surface area contributed by atoms with Crippen molar-refractivity contribution in [2.75, 3.05) is 13.7 Å². The second-order valence-electron chi connectivity index (χ2n) is 6.68. The third-order valence-electron chi connectivity index (χ3n) is 4.79. The van der Waals surface area contributed by atoms with Gasteiger partial charge in [-0.05, 0) is 31.6 Å². The number of ether oxygens (including phenoxy) is 2. The number of esters is 1. The molecule has 0 aromatic carbocycles. The van der Waals surface area contributed by atoms with Gasteiger partial charge in [-0.2, -0.15) is 0 Å². The van der Waals surface area contributed by atoms with Crippen molar-refractivity contribution in [3.63, 3.8) is 0 Å². The van der Waals surface area contributed by atoms with Crippen molar-refractivity contribution >= 4 is 5.97 Å². The molecule has 1 N–H and O–H groups in total. The zero-order valence-electron chi connectivity index (χ0n) is 13.1. The van der Waals surface area contributed by atoms with E-state index in [0.29, 0.717) is 0 Å². The Kier molecular flexibility index (Phi) is 5.44. The number of carbonyl (C=O) groups is 1. The smallest absolute Gasteiger partial charge is 0.323 e. The zero-order valence-corrected chi connectivity index (χ0v) is 13.1. The Hall–Kier alpha value is -0.610. The summed E-state index contributed by atoms with van der Waals surface area (Å²) in [5.74, 6) is 0.0536. The molecule has 0 bridgehead atoms. The first kappa shape index (κ1) is 15.8. The minimum absolute atomic E-state index is 0.156. The van der Waals surface area contributed by atoms with Gasteiger partial charge in [-0.25, -0.2) is 0 Å². The summed E-state index contributed by atoms with van der Waals surface area (Å²) in [5, 5.41) is 3.33. The summed E-state index contributed by atoms with van der Waals surface area (Å²) >= 11 is 0. The van der Waals surface area contributed by atoms with Crippen molar-refractivity contribution in [3.8, 4) is 0 Å². The van der Waals surface area contributed by atoms with E-state index in [2.05, 4.69) is 5.32 Å². The Labute approximate surface area is 122 Å². The molecule has 0 aromatic rings. The Morgan fingerprint density at radius 3 is 2.60 bits per heavy atom. The van der Waals surface area contributed by atoms with Crippen LogP contribution in [0.25, 0.3) is 0 Å². The molecule has 4 heteroatoms. The van der Waals surface area contributed by atoms with Crippen LogP contribution in [0.4, 0.5) is 0 Å². The number of methoxy groups -OCH3 is 1. The molecule has 116 valence electrons. The van der Waals surface area contributed by atoms with Crippen LogP contribution in [-0.4, -0.2) is 37.4 Å². The Balaban J connectivity index is 1.81. The lowest BCUT2D eigenvalue weighted by Gasteiger charge is -2.33. The molecule has 0 radical (unpaired) electrons. The number of hydrogen-bond donors (Lipinski definition) is 1. The Morgan fingerprint density at radius 2 is 2.00 bits per heavy atom. The molecule has 0 aromatic heterocycles. The molecule has 1 heterocycles. The quantitative estimate of drug-likeness (QED) is 0.788. The Morgan fingerprint density at radius 1 is 1.30 bits per heavy atom. The maximum absolute atomic E-state index is 11.7. The van der Waals surface area contributed by atoms with E-state index in [-0.39, 0.29) is 29.6 Å². The van der Waals surface area contributed by atoms with E-state index in [4.69, 9.17) is 9.47 Å². The van der Waals surface area contributed by atoms with E-state index in [9.17, 15) is 4.79 Å². The van der Waals surface area contributed by atoms with Gasteiger partial charge >= 0.3 is 5.97 Å². The minimum atomic E-state index is -0.230. The SMILES string of the molecule is COC(=O)C(NCC1CCC2(CCCCC2)O1)C(C)C. The van der Waals surface area contributed by atoms with Crippen LogP contribution in [0.1, 0.15) is 58.8 Å². The lowest BCUT2D eigenvalue weighted by atomic mass is 9.83. The second kappa shape index (κ2) is 6.90. The lowest BCUT2D eigenvalue weighted by Crippen LogP contribution is -2.45. The number of hydrogen-bond acceptors (Lipinski definition) is 4. The van der Waals surface area contributed by atoms with E-state index in [0.717, 1.165) is 13.0 Å². The van der Waals surface area contributed by atoms with Crippen molar-refractivity contribution in [2.45, 2.75) is 76.5 Å². The van der Waals surface area contributed by atoms with E-state index in [1.165, 1.54) is 45.6 Å². The van der Waals surface area contributed by atoms with Crippen LogP contribution in [0.5, 0.6) is 0 Å². The standard InChI is InChI=1S/C16H29NO3/c1-12(2)14(15(18)19-3)17-11-13-7-10-16(20-13)8-5-4-6-9-16/h12-14,17H,4-11H2,1-3H3. The number of rotatable bonds is 5.